The van der Waals surface area contributed by atoms with Gasteiger partial charge in [0.15, 0.2) is 5.16 Å². The van der Waals surface area contributed by atoms with Crippen molar-refractivity contribution in [3.8, 4) is 0 Å². The average Bonchev–Trinajstić information content (AvgIpc) is 3.14. The molecule has 0 saturated carbocycles. The molecule has 3 heterocycles. The number of halogens is 1. The lowest BCUT2D eigenvalue weighted by Crippen LogP contribution is -2.23. The zero-order valence-corrected chi connectivity index (χ0v) is 18.2. The van der Waals surface area contributed by atoms with E-state index >= 15 is 0 Å². The maximum absolute atomic E-state index is 13.5. The van der Waals surface area contributed by atoms with Crippen LogP contribution in [0.15, 0.2) is 82.9 Å². The minimum atomic E-state index is -0.0274. The average molecular weight is 450 g/mol. The molecule has 0 fully saturated rings. The third kappa shape index (κ3) is 3.74. The first kappa shape index (κ1) is 19.3. The number of hydrogen-bond donors (Lipinski definition) is 0. The van der Waals surface area contributed by atoms with Crippen molar-refractivity contribution >= 4 is 55.1 Å². The fourth-order valence-corrected chi connectivity index (χ4v) is 5.51. The molecule has 3 aromatic heterocycles. The quantitative estimate of drug-likeness (QED) is 0.244. The number of hydrogen-bond acceptors (Lipinski definition) is 5. The second-order valence-electron chi connectivity index (χ2n) is 6.83. The van der Waals surface area contributed by atoms with Crippen LogP contribution in [0, 0.1) is 0 Å². The van der Waals surface area contributed by atoms with Crippen LogP contribution in [-0.2, 0) is 12.3 Å². The first-order valence-corrected chi connectivity index (χ1v) is 11.6. The van der Waals surface area contributed by atoms with Crippen LogP contribution in [-0.4, -0.2) is 14.5 Å². The van der Waals surface area contributed by atoms with Crippen LogP contribution >= 0.6 is 34.7 Å². The van der Waals surface area contributed by atoms with Gasteiger partial charge in [-0.1, -0.05) is 65.8 Å². The predicted molar refractivity (Wildman–Crippen MR) is 126 cm³/mol. The number of fused-ring (bicyclic) bond motifs is 3. The van der Waals surface area contributed by atoms with Crippen LogP contribution in [0.3, 0.4) is 0 Å². The summed E-state index contributed by atoms with van der Waals surface area (Å²) in [7, 11) is 0. The number of nitrogens with zero attached hydrogens (tertiary/aromatic N) is 3. The first-order chi connectivity index (χ1) is 14.7. The van der Waals surface area contributed by atoms with Gasteiger partial charge in [0.05, 0.1) is 12.1 Å². The Bertz CT molecular complexity index is 1410. The van der Waals surface area contributed by atoms with Gasteiger partial charge in [-0.2, -0.15) is 0 Å². The summed E-state index contributed by atoms with van der Waals surface area (Å²) in [6, 6.07) is 21.6. The van der Waals surface area contributed by atoms with Crippen LogP contribution in [0.5, 0.6) is 0 Å². The standard InChI is InChI=1S/C23H16ClN3OS2/c24-17-9-4-8-16(12-17)14-29-23-26-19-18-10-5-11-25-21(18)30-20(19)22(28)27(23)13-15-6-2-1-3-7-15/h1-12H,13-14H2. The molecule has 7 heteroatoms. The zero-order valence-electron chi connectivity index (χ0n) is 15.8. The Morgan fingerprint density at radius 1 is 1.00 bits per heavy atom. The molecule has 0 amide bonds. The molecular formula is C23H16ClN3OS2. The predicted octanol–water partition coefficient (Wildman–Crippen LogP) is 6.00. The van der Waals surface area contributed by atoms with Gasteiger partial charge < -0.3 is 0 Å². The van der Waals surface area contributed by atoms with Crippen molar-refractivity contribution in [1.29, 1.82) is 0 Å². The molecule has 0 aliphatic carbocycles. The summed E-state index contributed by atoms with van der Waals surface area (Å²) in [6.07, 6.45) is 1.75. The Balaban J connectivity index is 1.64. The fraction of sp³-hybridized carbons (Fsp3) is 0.0870. The van der Waals surface area contributed by atoms with E-state index < -0.39 is 0 Å². The summed E-state index contributed by atoms with van der Waals surface area (Å²) in [5.74, 6) is 0.674. The molecule has 0 aliphatic rings. The van der Waals surface area contributed by atoms with Crippen molar-refractivity contribution in [1.82, 2.24) is 14.5 Å². The second kappa shape index (κ2) is 8.22. The number of aromatic nitrogens is 3. The lowest BCUT2D eigenvalue weighted by atomic mass is 10.2. The van der Waals surface area contributed by atoms with Crippen molar-refractivity contribution in [3.63, 3.8) is 0 Å². The molecule has 5 rings (SSSR count). The highest BCUT2D eigenvalue weighted by Gasteiger charge is 2.17. The molecule has 0 bridgehead atoms. The van der Waals surface area contributed by atoms with Crippen molar-refractivity contribution in [3.05, 3.63) is 99.4 Å². The van der Waals surface area contributed by atoms with Gasteiger partial charge >= 0.3 is 0 Å². The molecule has 4 nitrogen and oxygen atoms in total. The summed E-state index contributed by atoms with van der Waals surface area (Å²) < 4.78 is 2.41. The smallest absolute Gasteiger partial charge is 0.272 e. The van der Waals surface area contributed by atoms with E-state index in [0.717, 1.165) is 26.9 Å². The van der Waals surface area contributed by atoms with Crippen molar-refractivity contribution in [2.75, 3.05) is 0 Å². The SMILES string of the molecule is O=c1c2sc3ncccc3c2nc(SCc2cccc(Cl)c2)n1Cc1ccccc1. The number of pyridine rings is 1. The lowest BCUT2D eigenvalue weighted by molar-refractivity contribution is 0.659. The summed E-state index contributed by atoms with van der Waals surface area (Å²) in [4.78, 5) is 23.6. The molecular weight excluding hydrogens is 434 g/mol. The molecule has 0 unspecified atom stereocenters. The summed E-state index contributed by atoms with van der Waals surface area (Å²) in [5.41, 5.74) is 2.85. The Hall–Kier alpha value is -2.67. The highest BCUT2D eigenvalue weighted by molar-refractivity contribution is 7.98. The maximum atomic E-state index is 13.5. The second-order valence-corrected chi connectivity index (χ2v) is 9.20. The van der Waals surface area contributed by atoms with Gasteiger partial charge in [-0.25, -0.2) is 9.97 Å². The van der Waals surface area contributed by atoms with Crippen molar-refractivity contribution in [2.45, 2.75) is 17.5 Å². The topological polar surface area (TPSA) is 47.8 Å². The van der Waals surface area contributed by atoms with E-state index in [-0.39, 0.29) is 5.56 Å². The minimum Gasteiger partial charge on any atom is -0.282 e. The molecule has 148 valence electrons. The van der Waals surface area contributed by atoms with Crippen LogP contribution in [0.25, 0.3) is 20.4 Å². The lowest BCUT2D eigenvalue weighted by Gasteiger charge is -2.12. The van der Waals surface area contributed by atoms with E-state index in [9.17, 15) is 4.79 Å². The van der Waals surface area contributed by atoms with E-state index in [0.29, 0.717) is 27.2 Å². The van der Waals surface area contributed by atoms with Crippen molar-refractivity contribution in [2.24, 2.45) is 0 Å². The number of thiophene rings is 1. The Kier molecular flexibility index (Phi) is 5.29. The molecule has 2 aromatic carbocycles. The molecule has 0 aliphatic heterocycles. The highest BCUT2D eigenvalue weighted by atomic mass is 35.5. The van der Waals surface area contributed by atoms with Crippen LogP contribution in [0.2, 0.25) is 5.02 Å². The Morgan fingerprint density at radius 3 is 2.67 bits per heavy atom. The van der Waals surface area contributed by atoms with Gasteiger partial charge in [0.1, 0.15) is 9.53 Å². The van der Waals surface area contributed by atoms with E-state index in [1.807, 2.05) is 66.7 Å². The summed E-state index contributed by atoms with van der Waals surface area (Å²) >= 11 is 9.08. The molecule has 0 spiro atoms. The highest BCUT2D eigenvalue weighted by Crippen LogP contribution is 2.31. The molecule has 30 heavy (non-hydrogen) atoms. The maximum Gasteiger partial charge on any atom is 0.272 e. The molecule has 5 aromatic rings. The Morgan fingerprint density at radius 2 is 1.83 bits per heavy atom. The fourth-order valence-electron chi connectivity index (χ4n) is 3.33. The van der Waals surface area contributed by atoms with E-state index in [1.165, 1.54) is 11.3 Å². The number of rotatable bonds is 5. The normalized spacial score (nSPS) is 11.4. The van der Waals surface area contributed by atoms with Crippen molar-refractivity contribution < 1.29 is 0 Å². The van der Waals surface area contributed by atoms with Gasteiger partial charge in [-0.05, 0) is 35.4 Å². The van der Waals surface area contributed by atoms with E-state index in [2.05, 4.69) is 4.98 Å². The zero-order chi connectivity index (χ0) is 20.5. The Labute approximate surface area is 186 Å². The van der Waals surface area contributed by atoms with Gasteiger partial charge in [-0.15, -0.1) is 11.3 Å². The van der Waals surface area contributed by atoms with Gasteiger partial charge in [-0.3, -0.25) is 9.36 Å². The molecule has 0 radical (unpaired) electrons. The first-order valence-electron chi connectivity index (χ1n) is 9.38. The molecule has 0 N–H and O–H groups in total. The molecule has 0 saturated heterocycles. The van der Waals surface area contributed by atoms with E-state index in [4.69, 9.17) is 16.6 Å². The van der Waals surface area contributed by atoms with Gasteiger partial charge in [0.25, 0.3) is 5.56 Å². The van der Waals surface area contributed by atoms with Gasteiger partial charge in [0.2, 0.25) is 0 Å². The summed E-state index contributed by atoms with van der Waals surface area (Å²) in [5, 5.41) is 2.32. The summed E-state index contributed by atoms with van der Waals surface area (Å²) in [6.45, 7) is 0.474. The van der Waals surface area contributed by atoms with Crippen LogP contribution in [0.1, 0.15) is 11.1 Å². The third-order valence-corrected chi connectivity index (χ3v) is 7.13. The monoisotopic (exact) mass is 449 g/mol. The number of benzene rings is 2. The molecule has 0 atom stereocenters. The van der Waals surface area contributed by atoms with Crippen LogP contribution < -0.4 is 5.56 Å². The van der Waals surface area contributed by atoms with E-state index in [1.54, 1.807) is 22.5 Å². The third-order valence-electron chi connectivity index (χ3n) is 4.76. The van der Waals surface area contributed by atoms with Crippen LogP contribution in [0.4, 0.5) is 0 Å². The largest absolute Gasteiger partial charge is 0.282 e. The van der Waals surface area contributed by atoms with Gasteiger partial charge in [0, 0.05) is 22.4 Å². The number of thioether (sulfide) groups is 1. The minimum absolute atomic E-state index is 0.0274.